The summed E-state index contributed by atoms with van der Waals surface area (Å²) in [5.41, 5.74) is 24.9. The van der Waals surface area contributed by atoms with Crippen molar-refractivity contribution in [3.05, 3.63) is 209 Å². The predicted molar refractivity (Wildman–Crippen MR) is 320 cm³/mol. The monoisotopic (exact) mass is 976 g/mol. The van der Waals surface area contributed by atoms with Gasteiger partial charge in [-0.05, 0) is 133 Å². The third-order valence-electron chi connectivity index (χ3n) is 14.9. The van der Waals surface area contributed by atoms with Gasteiger partial charge < -0.3 is 14.9 Å². The zero-order chi connectivity index (χ0) is 51.7. The summed E-state index contributed by atoms with van der Waals surface area (Å²) in [6.45, 7) is 15.6. The molecular formula is C68H75N6+. The van der Waals surface area contributed by atoms with Crippen LogP contribution in [0.15, 0.2) is 208 Å². The van der Waals surface area contributed by atoms with Crippen LogP contribution in [0.3, 0.4) is 0 Å². The van der Waals surface area contributed by atoms with E-state index in [1.54, 1.807) is 0 Å². The van der Waals surface area contributed by atoms with Crippen LogP contribution in [0, 0.1) is 11.8 Å². The van der Waals surface area contributed by atoms with Gasteiger partial charge in [0.1, 0.15) is 12.9 Å². The molecule has 4 aliphatic rings. The first kappa shape index (κ1) is 51.3. The number of likely N-dealkylation sites (N-methyl/N-ethyl adjacent to an activating group) is 1. The van der Waals surface area contributed by atoms with Crippen LogP contribution in [0.1, 0.15) is 105 Å². The van der Waals surface area contributed by atoms with E-state index >= 15 is 0 Å². The first-order valence-electron chi connectivity index (χ1n) is 27.6. The lowest BCUT2D eigenvalue weighted by molar-refractivity contribution is -0.478. The molecule has 1 atom stereocenters. The molecule has 2 N–H and O–H groups in total. The van der Waals surface area contributed by atoms with Crippen molar-refractivity contribution < 1.29 is 4.58 Å². The van der Waals surface area contributed by atoms with Crippen LogP contribution in [0.5, 0.6) is 0 Å². The van der Waals surface area contributed by atoms with Crippen LogP contribution in [0.4, 0.5) is 0 Å². The van der Waals surface area contributed by atoms with Crippen LogP contribution < -0.4 is 5.73 Å². The van der Waals surface area contributed by atoms with Gasteiger partial charge in [0, 0.05) is 44.9 Å². The molecule has 3 heterocycles. The Bertz CT molecular complexity index is 3540. The normalized spacial score (nSPS) is 17.2. The first-order valence-corrected chi connectivity index (χ1v) is 27.6. The minimum atomic E-state index is 0.0302. The fourth-order valence-electron chi connectivity index (χ4n) is 11.2. The van der Waals surface area contributed by atoms with Crippen molar-refractivity contribution in [2.75, 3.05) is 13.6 Å². The van der Waals surface area contributed by atoms with E-state index in [9.17, 15) is 0 Å². The number of amidine groups is 2. The molecule has 74 heavy (non-hydrogen) atoms. The second kappa shape index (κ2) is 23.5. The number of rotatable bonds is 9. The Balaban J connectivity index is 0.00000108. The zero-order valence-electron chi connectivity index (χ0n) is 45.1. The maximum absolute atomic E-state index is 7.17. The number of nitrogens with two attached hydrogens (primary N) is 1. The number of nitrogens with zero attached hydrogens (tertiary/aromatic N) is 5. The number of fused-ring (bicyclic) bond motifs is 6. The van der Waals surface area contributed by atoms with E-state index in [0.717, 1.165) is 60.6 Å². The van der Waals surface area contributed by atoms with Gasteiger partial charge >= 0.3 is 0 Å². The van der Waals surface area contributed by atoms with E-state index in [-0.39, 0.29) is 5.92 Å². The summed E-state index contributed by atoms with van der Waals surface area (Å²) in [6.07, 6.45) is 19.5. The lowest BCUT2D eigenvalue weighted by Gasteiger charge is -2.33. The highest BCUT2D eigenvalue weighted by atomic mass is 15.0. The number of hydrogen-bond acceptors (Lipinski definition) is 1. The van der Waals surface area contributed by atoms with Gasteiger partial charge in [-0.2, -0.15) is 0 Å². The Kier molecular flexibility index (Phi) is 16.3. The SMILES string of the molecule is CC.CC.CC.CC1=C(C2=CCCC(C(N)=NC(=NCc3ccc(-n4c5ccccc5c5cc6c7ccccc7n(-c7ccccc7)c6cc54)cc3)C3=CC=[N+](C)C3)C=C2C2CCC2)C(c2ccccc2)=CCC1. The summed E-state index contributed by atoms with van der Waals surface area (Å²) < 4.78 is 7.00. The van der Waals surface area contributed by atoms with Crippen molar-refractivity contribution in [2.45, 2.75) is 100.0 Å². The molecule has 1 saturated carbocycles. The quantitative estimate of drug-likeness (QED) is 0.0874. The highest BCUT2D eigenvalue weighted by molar-refractivity contribution is 6.19. The standard InChI is InChI=1S/C62H57N6.3C2H6/c1-41-16-13-26-49(43-17-5-3-6-18-43)60(41)52-27-15-21-45(36-53(52)44-19-14-20-44)61(63)65-62(46-34-35-66(2)40-46)64-39-42-30-32-48(33-31-42)68-57-29-12-10-25-51(57)55-37-54-50-24-9-11-28-56(50)67(58(54)38-59(55)68)47-22-7-4-8-23-47;3*1-2/h3-12,17-18,22-38,44-45H,13-16,19-21,39-40H2,1-2H3,(H2,63,64,65);3*1-2H3/q+1;;;. The van der Waals surface area contributed by atoms with Crippen LogP contribution in [-0.4, -0.2) is 45.2 Å². The average molecular weight is 976 g/mol. The fourth-order valence-corrected chi connectivity index (χ4v) is 11.2. The molecule has 376 valence electrons. The lowest BCUT2D eigenvalue weighted by atomic mass is 9.72. The van der Waals surface area contributed by atoms with E-state index < -0.39 is 0 Å². The van der Waals surface area contributed by atoms with Crippen LogP contribution in [0.2, 0.25) is 0 Å². The maximum Gasteiger partial charge on any atom is 0.171 e. The Morgan fingerprint density at radius 1 is 0.622 bits per heavy atom. The van der Waals surface area contributed by atoms with Gasteiger partial charge in [0.15, 0.2) is 18.6 Å². The molecule has 8 aromatic rings. The molecule has 1 unspecified atom stereocenters. The molecule has 6 heteroatoms. The third kappa shape index (κ3) is 10.1. The Morgan fingerprint density at radius 2 is 1.20 bits per heavy atom. The summed E-state index contributed by atoms with van der Waals surface area (Å²) in [6, 6.07) is 52.9. The number of hydrogen-bond donors (Lipinski definition) is 1. The molecule has 0 bridgehead atoms. The largest absolute Gasteiger partial charge is 0.387 e. The second-order valence-electron chi connectivity index (χ2n) is 19.3. The number of benzene rings is 6. The van der Waals surface area contributed by atoms with Crippen molar-refractivity contribution in [3.63, 3.8) is 0 Å². The molecule has 0 spiro atoms. The van der Waals surface area contributed by atoms with E-state index in [2.05, 4.69) is 204 Å². The van der Waals surface area contributed by atoms with E-state index in [0.29, 0.717) is 18.3 Å². The summed E-state index contributed by atoms with van der Waals surface area (Å²) in [7, 11) is 2.10. The third-order valence-corrected chi connectivity index (χ3v) is 14.9. The van der Waals surface area contributed by atoms with Crippen molar-refractivity contribution in [2.24, 2.45) is 27.6 Å². The summed E-state index contributed by atoms with van der Waals surface area (Å²) in [5, 5.41) is 5.00. The van der Waals surface area contributed by atoms with E-state index in [1.807, 2.05) is 41.5 Å². The van der Waals surface area contributed by atoms with Gasteiger partial charge in [-0.3, -0.25) is 4.99 Å². The molecule has 6 aromatic carbocycles. The van der Waals surface area contributed by atoms with E-state index in [4.69, 9.17) is 15.7 Å². The molecule has 2 aromatic heterocycles. The number of allylic oxidation sites excluding steroid dienone is 8. The van der Waals surface area contributed by atoms with Gasteiger partial charge in [0.25, 0.3) is 0 Å². The molecule has 1 fully saturated rings. The van der Waals surface area contributed by atoms with Crippen molar-refractivity contribution in [3.8, 4) is 11.4 Å². The summed E-state index contributed by atoms with van der Waals surface area (Å²) >= 11 is 0. The van der Waals surface area contributed by atoms with Crippen molar-refractivity contribution in [1.82, 2.24) is 9.13 Å². The fraction of sp³-hybridized carbons (Fsp3) is 0.279. The van der Waals surface area contributed by atoms with Gasteiger partial charge in [-0.1, -0.05) is 169 Å². The van der Waals surface area contributed by atoms with Gasteiger partial charge in [-0.15, -0.1) is 0 Å². The molecule has 0 saturated heterocycles. The second-order valence-corrected chi connectivity index (χ2v) is 19.3. The summed E-state index contributed by atoms with van der Waals surface area (Å²) in [5.74, 6) is 1.96. The van der Waals surface area contributed by atoms with Crippen LogP contribution in [0.25, 0.3) is 60.6 Å². The highest BCUT2D eigenvalue weighted by Crippen LogP contribution is 2.47. The maximum atomic E-state index is 7.17. The summed E-state index contributed by atoms with van der Waals surface area (Å²) in [4.78, 5) is 10.5. The zero-order valence-corrected chi connectivity index (χ0v) is 45.1. The van der Waals surface area contributed by atoms with Crippen LogP contribution in [-0.2, 0) is 6.54 Å². The van der Waals surface area contributed by atoms with Crippen molar-refractivity contribution >= 4 is 67.1 Å². The Labute approximate surface area is 440 Å². The van der Waals surface area contributed by atoms with Crippen molar-refractivity contribution in [1.29, 1.82) is 0 Å². The first-order chi connectivity index (χ1) is 36.5. The molecule has 0 radical (unpaired) electrons. The van der Waals surface area contributed by atoms with E-state index in [1.165, 1.54) is 96.3 Å². The van der Waals surface area contributed by atoms with Crippen LogP contribution >= 0.6 is 0 Å². The molecule has 12 rings (SSSR count). The minimum Gasteiger partial charge on any atom is -0.387 e. The van der Waals surface area contributed by atoms with Gasteiger partial charge in [0.2, 0.25) is 0 Å². The molecule has 3 aliphatic carbocycles. The molecular weight excluding hydrogens is 901 g/mol. The average Bonchev–Trinajstić information content (AvgIpc) is 4.08. The molecule has 0 amide bonds. The molecule has 1 aliphatic heterocycles. The lowest BCUT2D eigenvalue weighted by Crippen LogP contribution is -2.26. The smallest absolute Gasteiger partial charge is 0.171 e. The Morgan fingerprint density at radius 3 is 1.80 bits per heavy atom. The van der Waals surface area contributed by atoms with Gasteiger partial charge in [-0.25, -0.2) is 9.57 Å². The Hall–Kier alpha value is -7.57. The number of aromatic nitrogens is 2. The predicted octanol–water partition coefficient (Wildman–Crippen LogP) is 17.1. The topological polar surface area (TPSA) is 63.6 Å². The minimum absolute atomic E-state index is 0.0302. The molecule has 6 nitrogen and oxygen atoms in total. The number of aliphatic imine (C=N–C) groups is 2. The highest BCUT2D eigenvalue weighted by Gasteiger charge is 2.32. The van der Waals surface area contributed by atoms with Gasteiger partial charge in [0.05, 0.1) is 34.2 Å². The number of para-hydroxylation sites is 3.